The fourth-order valence-corrected chi connectivity index (χ4v) is 3.80. The van der Waals surface area contributed by atoms with Crippen LogP contribution in [0.1, 0.15) is 36.6 Å². The zero-order chi connectivity index (χ0) is 20.3. The summed E-state index contributed by atoms with van der Waals surface area (Å²) in [6.07, 6.45) is -1.70. The van der Waals surface area contributed by atoms with Gasteiger partial charge in [0, 0.05) is 29.2 Å². The monoisotopic (exact) mass is 388 g/mol. The van der Waals surface area contributed by atoms with E-state index in [0.29, 0.717) is 33.9 Å². The van der Waals surface area contributed by atoms with Crippen LogP contribution >= 0.6 is 0 Å². The molecule has 0 spiro atoms. The van der Waals surface area contributed by atoms with Gasteiger partial charge in [-0.3, -0.25) is 0 Å². The summed E-state index contributed by atoms with van der Waals surface area (Å²) in [6, 6.07) is 8.10. The Labute approximate surface area is 162 Å². The van der Waals surface area contributed by atoms with E-state index in [1.165, 1.54) is 33.1 Å². The number of phenolic OH excluding ortho intramolecular Hbond substituents is 1. The van der Waals surface area contributed by atoms with E-state index >= 15 is 0 Å². The number of hydrogen-bond donors (Lipinski definition) is 4. The van der Waals surface area contributed by atoms with Crippen LogP contribution in [0.15, 0.2) is 30.3 Å². The highest BCUT2D eigenvalue weighted by atomic mass is 16.5. The Morgan fingerprint density at radius 1 is 1.29 bits per heavy atom. The first-order chi connectivity index (χ1) is 13.1. The van der Waals surface area contributed by atoms with E-state index < -0.39 is 23.4 Å². The average molecular weight is 388 g/mol. The van der Waals surface area contributed by atoms with Crippen molar-refractivity contribution >= 4 is 0 Å². The molecular formula is C21H24O7. The molecule has 0 aromatic heterocycles. The SMILES string of the molecule is COc1ccc2c(c1CC(O)C(C)(C)O)O[C@@H]1c3ccc(O)cc3OC[C@@]21O. The van der Waals surface area contributed by atoms with E-state index in [1.54, 1.807) is 18.2 Å². The molecule has 0 saturated carbocycles. The van der Waals surface area contributed by atoms with Crippen LogP contribution in [0, 0.1) is 0 Å². The number of methoxy groups -OCH3 is 1. The van der Waals surface area contributed by atoms with Crippen molar-refractivity contribution in [2.75, 3.05) is 13.7 Å². The van der Waals surface area contributed by atoms with Crippen molar-refractivity contribution in [3.8, 4) is 23.0 Å². The van der Waals surface area contributed by atoms with Crippen LogP contribution in [0.25, 0.3) is 0 Å². The number of fused-ring (bicyclic) bond motifs is 5. The lowest BCUT2D eigenvalue weighted by molar-refractivity contribution is -0.0866. The summed E-state index contributed by atoms with van der Waals surface area (Å²) in [5, 5.41) is 41.7. The van der Waals surface area contributed by atoms with Gasteiger partial charge < -0.3 is 34.6 Å². The fourth-order valence-electron chi connectivity index (χ4n) is 3.80. The van der Waals surface area contributed by atoms with Crippen LogP contribution in [0.5, 0.6) is 23.0 Å². The molecule has 2 aromatic rings. The molecule has 1 unspecified atom stereocenters. The maximum atomic E-state index is 11.4. The first-order valence-electron chi connectivity index (χ1n) is 9.10. The summed E-state index contributed by atoms with van der Waals surface area (Å²) < 4.78 is 17.3. The van der Waals surface area contributed by atoms with Crippen LogP contribution in [0.3, 0.4) is 0 Å². The maximum absolute atomic E-state index is 11.4. The molecule has 7 heteroatoms. The Balaban J connectivity index is 1.81. The Morgan fingerprint density at radius 2 is 2.04 bits per heavy atom. The smallest absolute Gasteiger partial charge is 0.168 e. The van der Waals surface area contributed by atoms with Crippen molar-refractivity contribution < 1.29 is 34.6 Å². The van der Waals surface area contributed by atoms with E-state index in [1.807, 2.05) is 0 Å². The standard InChI is InChI=1S/C21H24O7/c1-20(2,24)17(23)9-13-15(26-3)7-6-14-18(13)28-19-12-5-4-11(22)8-16(12)27-10-21(14,19)25/h4-8,17,19,22-25H,9-10H2,1-3H3/t17?,19-,21-/m1/s1. The molecule has 2 heterocycles. The number of rotatable bonds is 4. The molecule has 0 radical (unpaired) electrons. The minimum atomic E-state index is -1.42. The molecule has 150 valence electrons. The first-order valence-corrected chi connectivity index (χ1v) is 9.10. The lowest BCUT2D eigenvalue weighted by atomic mass is 9.83. The van der Waals surface area contributed by atoms with Gasteiger partial charge in [-0.05, 0) is 38.1 Å². The summed E-state index contributed by atoms with van der Waals surface area (Å²) in [6.45, 7) is 3.01. The molecule has 2 aromatic carbocycles. The molecule has 0 fully saturated rings. The highest BCUT2D eigenvalue weighted by Crippen LogP contribution is 2.56. The number of ether oxygens (including phenoxy) is 3. The molecule has 0 saturated heterocycles. The molecule has 0 aliphatic carbocycles. The van der Waals surface area contributed by atoms with Gasteiger partial charge in [-0.2, -0.15) is 0 Å². The van der Waals surface area contributed by atoms with Crippen LogP contribution in [0.4, 0.5) is 0 Å². The van der Waals surface area contributed by atoms with Gasteiger partial charge in [-0.15, -0.1) is 0 Å². The Morgan fingerprint density at radius 3 is 2.71 bits per heavy atom. The zero-order valence-electron chi connectivity index (χ0n) is 16.0. The van der Waals surface area contributed by atoms with Crippen molar-refractivity contribution in [1.82, 2.24) is 0 Å². The van der Waals surface area contributed by atoms with E-state index in [2.05, 4.69) is 0 Å². The zero-order valence-corrected chi connectivity index (χ0v) is 16.0. The van der Waals surface area contributed by atoms with Crippen molar-refractivity contribution in [2.45, 2.75) is 43.7 Å². The maximum Gasteiger partial charge on any atom is 0.168 e. The number of aliphatic hydroxyl groups excluding tert-OH is 1. The molecule has 3 atom stereocenters. The summed E-state index contributed by atoms with van der Waals surface area (Å²) in [4.78, 5) is 0. The lowest BCUT2D eigenvalue weighted by Crippen LogP contribution is -2.41. The first kappa shape index (κ1) is 18.9. The van der Waals surface area contributed by atoms with Gasteiger partial charge in [-0.1, -0.05) is 0 Å². The second kappa shape index (κ2) is 6.27. The third-order valence-electron chi connectivity index (χ3n) is 5.51. The van der Waals surface area contributed by atoms with E-state index in [4.69, 9.17) is 14.2 Å². The van der Waals surface area contributed by atoms with Crippen LogP contribution in [-0.4, -0.2) is 45.8 Å². The highest BCUT2D eigenvalue weighted by molar-refractivity contribution is 5.58. The number of hydrogen-bond acceptors (Lipinski definition) is 7. The van der Waals surface area contributed by atoms with E-state index in [-0.39, 0.29) is 18.8 Å². The summed E-state index contributed by atoms with van der Waals surface area (Å²) in [7, 11) is 1.51. The van der Waals surface area contributed by atoms with Gasteiger partial charge in [0.15, 0.2) is 11.7 Å². The predicted molar refractivity (Wildman–Crippen MR) is 99.9 cm³/mol. The topological polar surface area (TPSA) is 109 Å². The van der Waals surface area contributed by atoms with Gasteiger partial charge in [0.25, 0.3) is 0 Å². The Hall–Kier alpha value is -2.48. The number of aliphatic hydroxyl groups is 3. The van der Waals surface area contributed by atoms with Crippen LogP contribution in [0.2, 0.25) is 0 Å². The number of aromatic hydroxyl groups is 1. The highest BCUT2D eigenvalue weighted by Gasteiger charge is 2.54. The van der Waals surface area contributed by atoms with Gasteiger partial charge in [-0.25, -0.2) is 0 Å². The molecule has 0 amide bonds. The second-order valence-electron chi connectivity index (χ2n) is 7.93. The van der Waals surface area contributed by atoms with Crippen LogP contribution in [-0.2, 0) is 12.0 Å². The van der Waals surface area contributed by atoms with Gasteiger partial charge in [0.2, 0.25) is 0 Å². The molecule has 28 heavy (non-hydrogen) atoms. The second-order valence-corrected chi connectivity index (χ2v) is 7.93. The predicted octanol–water partition coefficient (Wildman–Crippen LogP) is 1.79. The van der Waals surface area contributed by atoms with Crippen LogP contribution < -0.4 is 14.2 Å². The molecule has 4 N–H and O–H groups in total. The minimum Gasteiger partial charge on any atom is -0.508 e. The normalized spacial score (nSPS) is 23.7. The Kier molecular flexibility index (Phi) is 4.22. The quantitative estimate of drug-likeness (QED) is 0.632. The third kappa shape index (κ3) is 2.78. The van der Waals surface area contributed by atoms with Gasteiger partial charge >= 0.3 is 0 Å². The summed E-state index contributed by atoms with van der Waals surface area (Å²) in [5.41, 5.74) is -1.01. The number of benzene rings is 2. The fraction of sp³-hybridized carbons (Fsp3) is 0.429. The molecule has 2 aliphatic heterocycles. The molecule has 7 nitrogen and oxygen atoms in total. The van der Waals surface area contributed by atoms with Gasteiger partial charge in [0.05, 0.1) is 18.8 Å². The van der Waals surface area contributed by atoms with Gasteiger partial charge in [0.1, 0.15) is 29.6 Å². The summed E-state index contributed by atoms with van der Waals surface area (Å²) in [5.74, 6) is 1.43. The van der Waals surface area contributed by atoms with Crippen molar-refractivity contribution in [3.05, 3.63) is 47.0 Å². The minimum absolute atomic E-state index is 0.0407. The van der Waals surface area contributed by atoms with Crippen molar-refractivity contribution in [2.24, 2.45) is 0 Å². The molecule has 2 aliphatic rings. The van der Waals surface area contributed by atoms with E-state index in [0.717, 1.165) is 0 Å². The third-order valence-corrected chi connectivity index (χ3v) is 5.51. The Bertz CT molecular complexity index is 918. The average Bonchev–Trinajstić information content (AvgIpc) is 2.94. The number of phenols is 1. The summed E-state index contributed by atoms with van der Waals surface area (Å²) >= 11 is 0. The van der Waals surface area contributed by atoms with E-state index in [9.17, 15) is 20.4 Å². The van der Waals surface area contributed by atoms with Crippen molar-refractivity contribution in [3.63, 3.8) is 0 Å². The largest absolute Gasteiger partial charge is 0.508 e. The lowest BCUT2D eigenvalue weighted by Gasteiger charge is -2.34. The molecular weight excluding hydrogens is 364 g/mol. The van der Waals surface area contributed by atoms with Crippen molar-refractivity contribution in [1.29, 1.82) is 0 Å². The molecule has 4 rings (SSSR count). The molecule has 0 bridgehead atoms.